The number of hydrogen-bond donors (Lipinski definition) is 2. The summed E-state index contributed by atoms with van der Waals surface area (Å²) >= 11 is 0. The molecule has 1 aliphatic rings. The smallest absolute Gasteiger partial charge is 0.407 e. The van der Waals surface area contributed by atoms with Gasteiger partial charge in [0.1, 0.15) is 6.61 Å². The normalized spacial score (nSPS) is 17.7. The molecule has 0 spiro atoms. The first-order valence-corrected chi connectivity index (χ1v) is 6.50. The summed E-state index contributed by atoms with van der Waals surface area (Å²) in [7, 11) is 0. The molecule has 1 aromatic carbocycles. The standard InChI is InChI=1S/C13H17N3O4/c17-13(15-8-11-5-6-14-7-11)20-9-10-1-3-12(4-2-10)16(18)19/h1-4,11,14H,5-9H2,(H,15,17)/t11-/m1/s1. The zero-order valence-electron chi connectivity index (χ0n) is 11.0. The number of carbonyl (C=O) groups is 1. The van der Waals surface area contributed by atoms with Gasteiger partial charge in [-0.25, -0.2) is 4.79 Å². The third-order valence-electron chi connectivity index (χ3n) is 3.21. The Morgan fingerprint density at radius 3 is 2.80 bits per heavy atom. The molecule has 108 valence electrons. The Balaban J connectivity index is 1.70. The van der Waals surface area contributed by atoms with Crippen LogP contribution in [-0.4, -0.2) is 30.7 Å². The number of benzene rings is 1. The van der Waals surface area contributed by atoms with Gasteiger partial charge in [-0.2, -0.15) is 0 Å². The van der Waals surface area contributed by atoms with Crippen molar-refractivity contribution in [1.29, 1.82) is 0 Å². The molecule has 1 amide bonds. The zero-order chi connectivity index (χ0) is 14.4. The van der Waals surface area contributed by atoms with Gasteiger partial charge in [0.2, 0.25) is 0 Å². The van der Waals surface area contributed by atoms with Crippen molar-refractivity contribution < 1.29 is 14.5 Å². The molecular weight excluding hydrogens is 262 g/mol. The molecule has 1 heterocycles. The van der Waals surface area contributed by atoms with Gasteiger partial charge in [0.05, 0.1) is 4.92 Å². The molecule has 1 aromatic rings. The van der Waals surface area contributed by atoms with Crippen LogP contribution in [0.15, 0.2) is 24.3 Å². The fourth-order valence-electron chi connectivity index (χ4n) is 2.03. The first-order valence-electron chi connectivity index (χ1n) is 6.50. The van der Waals surface area contributed by atoms with Crippen molar-refractivity contribution in [2.45, 2.75) is 13.0 Å². The average Bonchev–Trinajstić information content (AvgIpc) is 2.96. The third kappa shape index (κ3) is 4.20. The van der Waals surface area contributed by atoms with Crippen LogP contribution in [0.4, 0.5) is 10.5 Å². The minimum Gasteiger partial charge on any atom is -0.445 e. The molecular formula is C13H17N3O4. The summed E-state index contributed by atoms with van der Waals surface area (Å²) < 4.78 is 5.05. The zero-order valence-corrected chi connectivity index (χ0v) is 11.0. The lowest BCUT2D eigenvalue weighted by atomic mass is 10.1. The number of carbonyl (C=O) groups excluding carboxylic acids is 1. The molecule has 1 aliphatic heterocycles. The van der Waals surface area contributed by atoms with Crippen molar-refractivity contribution >= 4 is 11.8 Å². The second-order valence-electron chi connectivity index (χ2n) is 4.74. The van der Waals surface area contributed by atoms with E-state index in [-0.39, 0.29) is 12.3 Å². The first kappa shape index (κ1) is 14.3. The van der Waals surface area contributed by atoms with Crippen LogP contribution >= 0.6 is 0 Å². The van der Waals surface area contributed by atoms with E-state index in [1.165, 1.54) is 12.1 Å². The highest BCUT2D eigenvalue weighted by molar-refractivity contribution is 5.67. The fourth-order valence-corrected chi connectivity index (χ4v) is 2.03. The van der Waals surface area contributed by atoms with Crippen LogP contribution in [0.3, 0.4) is 0 Å². The van der Waals surface area contributed by atoms with Crippen LogP contribution < -0.4 is 10.6 Å². The SMILES string of the molecule is O=C(NC[C@@H]1CCNC1)OCc1ccc([N+](=O)[O-])cc1. The summed E-state index contributed by atoms with van der Waals surface area (Å²) in [5.74, 6) is 0.460. The van der Waals surface area contributed by atoms with Crippen LogP contribution in [0.2, 0.25) is 0 Å². The van der Waals surface area contributed by atoms with Crippen LogP contribution in [-0.2, 0) is 11.3 Å². The summed E-state index contributed by atoms with van der Waals surface area (Å²) in [6.07, 6.45) is 0.595. The number of nitro benzene ring substituents is 1. The second kappa shape index (κ2) is 6.85. The summed E-state index contributed by atoms with van der Waals surface area (Å²) in [4.78, 5) is 21.5. The highest BCUT2D eigenvalue weighted by Crippen LogP contribution is 2.12. The topological polar surface area (TPSA) is 93.5 Å². The molecule has 1 atom stereocenters. The monoisotopic (exact) mass is 279 g/mol. The Morgan fingerprint density at radius 1 is 1.45 bits per heavy atom. The molecule has 20 heavy (non-hydrogen) atoms. The van der Waals surface area contributed by atoms with Gasteiger partial charge in [-0.1, -0.05) is 0 Å². The van der Waals surface area contributed by atoms with Gasteiger partial charge in [0, 0.05) is 18.7 Å². The van der Waals surface area contributed by atoms with E-state index in [0.717, 1.165) is 19.5 Å². The number of nitro groups is 1. The van der Waals surface area contributed by atoms with Gasteiger partial charge >= 0.3 is 6.09 Å². The Kier molecular flexibility index (Phi) is 4.89. The van der Waals surface area contributed by atoms with Crippen molar-refractivity contribution in [3.8, 4) is 0 Å². The Morgan fingerprint density at radius 2 is 2.20 bits per heavy atom. The number of nitrogens with zero attached hydrogens (tertiary/aromatic N) is 1. The van der Waals surface area contributed by atoms with E-state index in [1.807, 2.05) is 0 Å². The molecule has 0 radical (unpaired) electrons. The first-order chi connectivity index (χ1) is 9.65. The Labute approximate surface area is 116 Å². The summed E-state index contributed by atoms with van der Waals surface area (Å²) in [6, 6.07) is 5.93. The largest absolute Gasteiger partial charge is 0.445 e. The van der Waals surface area contributed by atoms with Crippen LogP contribution in [0.5, 0.6) is 0 Å². The molecule has 1 fully saturated rings. The number of non-ortho nitro benzene ring substituents is 1. The van der Waals surface area contributed by atoms with Crippen molar-refractivity contribution in [3.05, 3.63) is 39.9 Å². The van der Waals surface area contributed by atoms with Crippen molar-refractivity contribution in [3.63, 3.8) is 0 Å². The lowest BCUT2D eigenvalue weighted by molar-refractivity contribution is -0.384. The quantitative estimate of drug-likeness (QED) is 0.628. The fraction of sp³-hybridized carbons (Fsp3) is 0.462. The molecule has 0 bridgehead atoms. The van der Waals surface area contributed by atoms with E-state index in [2.05, 4.69) is 10.6 Å². The number of nitrogens with one attached hydrogen (secondary N) is 2. The number of ether oxygens (including phenoxy) is 1. The van der Waals surface area contributed by atoms with E-state index >= 15 is 0 Å². The minimum atomic E-state index is -0.465. The minimum absolute atomic E-state index is 0.0203. The molecule has 0 aliphatic carbocycles. The van der Waals surface area contributed by atoms with Gasteiger partial charge in [-0.3, -0.25) is 10.1 Å². The van der Waals surface area contributed by atoms with E-state index in [9.17, 15) is 14.9 Å². The van der Waals surface area contributed by atoms with E-state index in [0.29, 0.717) is 18.0 Å². The van der Waals surface area contributed by atoms with Crippen LogP contribution in [0, 0.1) is 16.0 Å². The molecule has 0 aromatic heterocycles. The lowest BCUT2D eigenvalue weighted by Gasteiger charge is -2.10. The highest BCUT2D eigenvalue weighted by Gasteiger charge is 2.15. The number of amides is 1. The predicted octanol–water partition coefficient (Wildman–Crippen LogP) is 1.43. The average molecular weight is 279 g/mol. The molecule has 7 nitrogen and oxygen atoms in total. The molecule has 7 heteroatoms. The van der Waals surface area contributed by atoms with E-state index < -0.39 is 11.0 Å². The van der Waals surface area contributed by atoms with Gasteiger partial charge in [0.15, 0.2) is 0 Å². The number of alkyl carbamates (subject to hydrolysis) is 1. The van der Waals surface area contributed by atoms with Crippen LogP contribution in [0.1, 0.15) is 12.0 Å². The molecule has 2 rings (SSSR count). The lowest BCUT2D eigenvalue weighted by Crippen LogP contribution is -2.30. The number of rotatable bonds is 5. The molecule has 1 saturated heterocycles. The molecule has 0 saturated carbocycles. The highest BCUT2D eigenvalue weighted by atomic mass is 16.6. The van der Waals surface area contributed by atoms with Gasteiger partial charge < -0.3 is 15.4 Å². The predicted molar refractivity (Wildman–Crippen MR) is 72.3 cm³/mol. The van der Waals surface area contributed by atoms with Gasteiger partial charge in [0.25, 0.3) is 5.69 Å². The maximum Gasteiger partial charge on any atom is 0.407 e. The van der Waals surface area contributed by atoms with Crippen molar-refractivity contribution in [2.75, 3.05) is 19.6 Å². The van der Waals surface area contributed by atoms with E-state index in [4.69, 9.17) is 4.74 Å². The summed E-state index contributed by atoms with van der Waals surface area (Å²) in [5, 5.41) is 16.4. The second-order valence-corrected chi connectivity index (χ2v) is 4.74. The molecule has 2 N–H and O–H groups in total. The maximum atomic E-state index is 11.5. The van der Waals surface area contributed by atoms with Gasteiger partial charge in [-0.15, -0.1) is 0 Å². The van der Waals surface area contributed by atoms with Crippen LogP contribution in [0.25, 0.3) is 0 Å². The Bertz CT molecular complexity index is 469. The molecule has 0 unspecified atom stereocenters. The summed E-state index contributed by atoms with van der Waals surface area (Å²) in [6.45, 7) is 2.62. The maximum absolute atomic E-state index is 11.5. The Hall–Kier alpha value is -2.15. The summed E-state index contributed by atoms with van der Waals surface area (Å²) in [5.41, 5.74) is 0.736. The van der Waals surface area contributed by atoms with Crippen molar-refractivity contribution in [2.24, 2.45) is 5.92 Å². The number of hydrogen-bond acceptors (Lipinski definition) is 5. The third-order valence-corrected chi connectivity index (χ3v) is 3.21. The van der Waals surface area contributed by atoms with Gasteiger partial charge in [-0.05, 0) is 43.1 Å². The van der Waals surface area contributed by atoms with E-state index in [1.54, 1.807) is 12.1 Å². The van der Waals surface area contributed by atoms with Crippen molar-refractivity contribution in [1.82, 2.24) is 10.6 Å².